The van der Waals surface area contributed by atoms with Crippen LogP contribution in [0.1, 0.15) is 53.5 Å². The van der Waals surface area contributed by atoms with Crippen LogP contribution in [-0.4, -0.2) is 34.9 Å². The van der Waals surface area contributed by atoms with Crippen LogP contribution in [0.5, 0.6) is 0 Å². The molecule has 4 rings (SSSR count). The average molecular weight is 341 g/mol. The minimum atomic E-state index is 0.0622. The molecule has 2 fully saturated rings. The molecule has 0 bridgehead atoms. The Balaban J connectivity index is 1.72. The first-order chi connectivity index (χ1) is 11.8. The maximum Gasteiger partial charge on any atom is 0.274 e. The molecule has 24 heavy (non-hydrogen) atoms. The van der Waals surface area contributed by atoms with E-state index in [-0.39, 0.29) is 11.9 Å². The van der Waals surface area contributed by atoms with Crippen molar-refractivity contribution in [2.75, 3.05) is 13.1 Å². The minimum Gasteiger partial charge on any atom is -0.333 e. The lowest BCUT2D eigenvalue weighted by Crippen LogP contribution is -2.47. The summed E-state index contributed by atoms with van der Waals surface area (Å²) in [5, 5.41) is 1.12. The quantitative estimate of drug-likeness (QED) is 0.923. The van der Waals surface area contributed by atoms with Crippen LogP contribution in [0.3, 0.4) is 0 Å². The summed E-state index contributed by atoms with van der Waals surface area (Å²) in [6, 6.07) is 10.3. The standard InChI is InChI=1S/C19H23N3OS/c20-12-15-8-4-5-11-22(15)19(23)16-17(13-6-2-1-3-7-13)24-18(21-16)14-9-10-14/h1-3,6-7,14-15H,4-5,8-12,20H2. The number of piperidine rings is 1. The number of nitrogens with two attached hydrogens (primary N) is 1. The number of rotatable bonds is 4. The molecule has 126 valence electrons. The molecule has 1 saturated carbocycles. The Morgan fingerprint density at radius 2 is 2.00 bits per heavy atom. The van der Waals surface area contributed by atoms with Gasteiger partial charge in [0.1, 0.15) is 5.69 Å². The number of carbonyl (C=O) groups excluding carboxylic acids is 1. The van der Waals surface area contributed by atoms with Crippen LogP contribution in [-0.2, 0) is 0 Å². The van der Waals surface area contributed by atoms with E-state index in [1.54, 1.807) is 11.3 Å². The molecule has 1 amide bonds. The second-order valence-corrected chi connectivity index (χ2v) is 7.78. The number of hydrogen-bond acceptors (Lipinski definition) is 4. The summed E-state index contributed by atoms with van der Waals surface area (Å²) < 4.78 is 0. The highest BCUT2D eigenvalue weighted by atomic mass is 32.1. The summed E-state index contributed by atoms with van der Waals surface area (Å²) in [6.07, 6.45) is 5.61. The van der Waals surface area contributed by atoms with Gasteiger partial charge in [0.05, 0.1) is 9.88 Å². The molecule has 0 radical (unpaired) electrons. The van der Waals surface area contributed by atoms with E-state index in [1.807, 2.05) is 23.1 Å². The number of amides is 1. The molecule has 1 aromatic heterocycles. The summed E-state index contributed by atoms with van der Waals surface area (Å²) in [4.78, 5) is 21.0. The van der Waals surface area contributed by atoms with Gasteiger partial charge in [0.15, 0.2) is 0 Å². The zero-order valence-electron chi connectivity index (χ0n) is 13.8. The second-order valence-electron chi connectivity index (χ2n) is 6.75. The fourth-order valence-electron chi connectivity index (χ4n) is 3.42. The lowest BCUT2D eigenvalue weighted by atomic mass is 10.0. The minimum absolute atomic E-state index is 0.0622. The molecule has 4 nitrogen and oxygen atoms in total. The molecule has 1 saturated heterocycles. The molecule has 2 aromatic rings. The van der Waals surface area contributed by atoms with Crippen molar-refractivity contribution in [3.05, 3.63) is 41.0 Å². The van der Waals surface area contributed by atoms with Gasteiger partial charge in [-0.1, -0.05) is 30.3 Å². The smallest absolute Gasteiger partial charge is 0.274 e. The third kappa shape index (κ3) is 2.98. The fraction of sp³-hybridized carbons (Fsp3) is 0.474. The Morgan fingerprint density at radius 3 is 2.71 bits per heavy atom. The maximum atomic E-state index is 13.2. The first kappa shape index (κ1) is 15.8. The van der Waals surface area contributed by atoms with Crippen molar-refractivity contribution < 1.29 is 4.79 Å². The molecule has 0 spiro atoms. The van der Waals surface area contributed by atoms with Gasteiger partial charge in [-0.05, 0) is 37.7 Å². The van der Waals surface area contributed by atoms with Crippen molar-refractivity contribution in [1.29, 1.82) is 0 Å². The number of aromatic nitrogens is 1. The van der Waals surface area contributed by atoms with Gasteiger partial charge in [0.25, 0.3) is 5.91 Å². The van der Waals surface area contributed by atoms with Crippen molar-refractivity contribution in [2.45, 2.75) is 44.1 Å². The molecule has 2 aliphatic rings. The number of likely N-dealkylation sites (tertiary alicyclic amines) is 1. The average Bonchev–Trinajstić information content (AvgIpc) is 3.40. The second kappa shape index (κ2) is 6.65. The molecule has 1 aliphatic carbocycles. The SMILES string of the molecule is NCC1CCCCN1C(=O)c1nc(C2CC2)sc1-c1ccccc1. The number of nitrogens with zero attached hydrogens (tertiary/aromatic N) is 2. The van der Waals surface area contributed by atoms with Gasteiger partial charge in [-0.15, -0.1) is 11.3 Å². The number of benzene rings is 1. The van der Waals surface area contributed by atoms with E-state index >= 15 is 0 Å². The van der Waals surface area contributed by atoms with Crippen LogP contribution in [0.2, 0.25) is 0 Å². The van der Waals surface area contributed by atoms with Crippen molar-refractivity contribution in [3.63, 3.8) is 0 Å². The number of thiazole rings is 1. The van der Waals surface area contributed by atoms with Gasteiger partial charge < -0.3 is 10.6 Å². The van der Waals surface area contributed by atoms with E-state index in [1.165, 1.54) is 12.8 Å². The molecular weight excluding hydrogens is 318 g/mol. The lowest BCUT2D eigenvalue weighted by molar-refractivity contribution is 0.0618. The monoisotopic (exact) mass is 341 g/mol. The summed E-state index contributed by atoms with van der Waals surface area (Å²) >= 11 is 1.69. The van der Waals surface area contributed by atoms with Crippen molar-refractivity contribution in [2.24, 2.45) is 5.73 Å². The normalized spacial score (nSPS) is 21.0. The van der Waals surface area contributed by atoms with Crippen LogP contribution in [0.25, 0.3) is 10.4 Å². The summed E-state index contributed by atoms with van der Waals surface area (Å²) in [6.45, 7) is 1.33. The molecule has 1 aromatic carbocycles. The fourth-order valence-corrected chi connectivity index (χ4v) is 4.65. The first-order valence-electron chi connectivity index (χ1n) is 8.85. The molecule has 5 heteroatoms. The highest BCUT2D eigenvalue weighted by Gasteiger charge is 2.33. The first-order valence-corrected chi connectivity index (χ1v) is 9.66. The summed E-state index contributed by atoms with van der Waals surface area (Å²) in [5.74, 6) is 0.623. The molecule has 1 aliphatic heterocycles. The largest absolute Gasteiger partial charge is 0.333 e. The zero-order chi connectivity index (χ0) is 16.5. The molecular formula is C19H23N3OS. The van der Waals surface area contributed by atoms with Crippen LogP contribution < -0.4 is 5.73 Å². The van der Waals surface area contributed by atoms with Crippen LogP contribution in [0.15, 0.2) is 30.3 Å². The van der Waals surface area contributed by atoms with E-state index in [4.69, 9.17) is 10.7 Å². The predicted octanol–water partition coefficient (Wildman–Crippen LogP) is 3.64. The molecule has 2 heterocycles. The van der Waals surface area contributed by atoms with Gasteiger partial charge in [-0.3, -0.25) is 4.79 Å². The molecule has 1 atom stereocenters. The van der Waals surface area contributed by atoms with Crippen molar-refractivity contribution in [1.82, 2.24) is 9.88 Å². The number of carbonyl (C=O) groups is 1. The predicted molar refractivity (Wildman–Crippen MR) is 97.3 cm³/mol. The third-order valence-corrected chi connectivity index (χ3v) is 6.24. The Kier molecular flexibility index (Phi) is 4.37. The highest BCUT2D eigenvalue weighted by molar-refractivity contribution is 7.15. The summed E-state index contributed by atoms with van der Waals surface area (Å²) in [5.41, 5.74) is 7.63. The maximum absolute atomic E-state index is 13.2. The van der Waals surface area contributed by atoms with E-state index in [2.05, 4.69) is 12.1 Å². The summed E-state index contributed by atoms with van der Waals surface area (Å²) in [7, 11) is 0. The topological polar surface area (TPSA) is 59.2 Å². The lowest BCUT2D eigenvalue weighted by Gasteiger charge is -2.34. The van der Waals surface area contributed by atoms with Crippen molar-refractivity contribution >= 4 is 17.2 Å². The van der Waals surface area contributed by atoms with Crippen LogP contribution in [0.4, 0.5) is 0 Å². The van der Waals surface area contributed by atoms with Gasteiger partial charge in [-0.2, -0.15) is 0 Å². The van der Waals surface area contributed by atoms with Gasteiger partial charge in [-0.25, -0.2) is 4.98 Å². The Labute approximate surface area is 146 Å². The number of hydrogen-bond donors (Lipinski definition) is 1. The van der Waals surface area contributed by atoms with Gasteiger partial charge in [0.2, 0.25) is 0 Å². The van der Waals surface area contributed by atoms with E-state index in [0.29, 0.717) is 18.2 Å². The van der Waals surface area contributed by atoms with E-state index < -0.39 is 0 Å². The molecule has 1 unspecified atom stereocenters. The molecule has 2 N–H and O–H groups in total. The van der Waals surface area contributed by atoms with Gasteiger partial charge >= 0.3 is 0 Å². The Bertz CT molecular complexity index is 723. The Morgan fingerprint density at radius 1 is 1.21 bits per heavy atom. The van der Waals surface area contributed by atoms with Crippen LogP contribution in [0, 0.1) is 0 Å². The highest BCUT2D eigenvalue weighted by Crippen LogP contribution is 2.45. The Hall–Kier alpha value is -1.72. The van der Waals surface area contributed by atoms with Gasteiger partial charge in [0, 0.05) is 25.0 Å². The van der Waals surface area contributed by atoms with E-state index in [9.17, 15) is 4.79 Å². The van der Waals surface area contributed by atoms with Crippen LogP contribution >= 0.6 is 11.3 Å². The van der Waals surface area contributed by atoms with Crippen molar-refractivity contribution in [3.8, 4) is 10.4 Å². The third-order valence-electron chi connectivity index (χ3n) is 4.97. The zero-order valence-corrected chi connectivity index (χ0v) is 14.6. The van der Waals surface area contributed by atoms with E-state index in [0.717, 1.165) is 41.3 Å².